The largest absolute Gasteiger partial charge is 0.489 e. The van der Waals surface area contributed by atoms with Crippen LogP contribution in [0.4, 0.5) is 0 Å². The average molecular weight is 342 g/mol. The molecule has 1 aliphatic heterocycles. The number of fused-ring (bicyclic) bond motifs is 1. The van der Waals surface area contributed by atoms with Gasteiger partial charge in [-0.2, -0.15) is 0 Å². The zero-order valence-electron chi connectivity index (χ0n) is 15.1. The van der Waals surface area contributed by atoms with E-state index in [1.54, 1.807) is 7.05 Å². The minimum Gasteiger partial charge on any atom is -0.489 e. The van der Waals surface area contributed by atoms with Crippen LogP contribution in [0.3, 0.4) is 0 Å². The highest BCUT2D eigenvalue weighted by Gasteiger charge is 2.17. The van der Waals surface area contributed by atoms with E-state index < -0.39 is 0 Å². The molecular weight excluding hydrogens is 316 g/mol. The molecule has 25 heavy (non-hydrogen) atoms. The van der Waals surface area contributed by atoms with Crippen LogP contribution in [-0.4, -0.2) is 40.4 Å². The number of hydrogen-bond donors (Lipinski definition) is 2. The number of ether oxygens (including phenoxy) is 1. The fourth-order valence-corrected chi connectivity index (χ4v) is 2.91. The van der Waals surface area contributed by atoms with Crippen LogP contribution in [0.5, 0.6) is 5.75 Å². The Morgan fingerprint density at radius 2 is 2.16 bits per heavy atom. The van der Waals surface area contributed by atoms with Crippen LogP contribution in [0.25, 0.3) is 0 Å². The van der Waals surface area contributed by atoms with E-state index in [0.717, 1.165) is 48.3 Å². The second kappa shape index (κ2) is 8.00. The van der Waals surface area contributed by atoms with E-state index in [4.69, 9.17) is 4.74 Å². The standard InChI is InChI=1S/C18H26N6O/c1-13-7-4-5-8-15(13)25-14(2)11-20-18(19-3)21-12-17-23-22-16-9-6-10-24(16)17/h4-5,7-8,14H,6,9-12H2,1-3H3,(H2,19,20,21). The highest BCUT2D eigenvalue weighted by Crippen LogP contribution is 2.17. The average Bonchev–Trinajstić information content (AvgIpc) is 3.21. The summed E-state index contributed by atoms with van der Waals surface area (Å²) in [6, 6.07) is 8.04. The van der Waals surface area contributed by atoms with Crippen molar-refractivity contribution in [2.24, 2.45) is 4.99 Å². The molecule has 2 N–H and O–H groups in total. The summed E-state index contributed by atoms with van der Waals surface area (Å²) in [7, 11) is 1.76. The minimum atomic E-state index is 0.0250. The number of para-hydroxylation sites is 1. The lowest BCUT2D eigenvalue weighted by molar-refractivity contribution is 0.222. The first kappa shape index (κ1) is 17.3. The first-order valence-electron chi connectivity index (χ1n) is 8.75. The fraction of sp³-hybridized carbons (Fsp3) is 0.500. The molecule has 2 heterocycles. The molecule has 0 bridgehead atoms. The van der Waals surface area contributed by atoms with Gasteiger partial charge in [0.25, 0.3) is 0 Å². The van der Waals surface area contributed by atoms with E-state index in [1.165, 1.54) is 0 Å². The molecule has 0 spiro atoms. The number of aryl methyl sites for hydroxylation is 2. The SMILES string of the molecule is CN=C(NCc1nnc2n1CCC2)NCC(C)Oc1ccccc1C. The van der Waals surface area contributed by atoms with Gasteiger partial charge in [-0.15, -0.1) is 10.2 Å². The van der Waals surface area contributed by atoms with Crippen LogP contribution in [0.15, 0.2) is 29.3 Å². The van der Waals surface area contributed by atoms with Crippen molar-refractivity contribution in [3.8, 4) is 5.75 Å². The topological polar surface area (TPSA) is 76.4 Å². The summed E-state index contributed by atoms with van der Waals surface area (Å²) in [5, 5.41) is 15.1. The predicted octanol–water partition coefficient (Wildman–Crippen LogP) is 1.67. The van der Waals surface area contributed by atoms with E-state index in [1.807, 2.05) is 38.1 Å². The number of benzene rings is 1. The van der Waals surface area contributed by atoms with E-state index in [9.17, 15) is 0 Å². The van der Waals surface area contributed by atoms with Gasteiger partial charge < -0.3 is 19.9 Å². The number of aliphatic imine (C=N–C) groups is 1. The van der Waals surface area contributed by atoms with Gasteiger partial charge in [-0.05, 0) is 31.9 Å². The monoisotopic (exact) mass is 342 g/mol. The molecule has 2 aromatic rings. The Hall–Kier alpha value is -2.57. The molecule has 134 valence electrons. The smallest absolute Gasteiger partial charge is 0.191 e. The van der Waals surface area contributed by atoms with Crippen LogP contribution >= 0.6 is 0 Å². The minimum absolute atomic E-state index is 0.0250. The van der Waals surface area contributed by atoms with Gasteiger partial charge in [0.15, 0.2) is 11.8 Å². The molecule has 0 saturated heterocycles. The molecule has 1 aromatic heterocycles. The summed E-state index contributed by atoms with van der Waals surface area (Å²) in [6.07, 6.45) is 2.20. The van der Waals surface area contributed by atoms with Gasteiger partial charge in [0.05, 0.1) is 13.1 Å². The van der Waals surface area contributed by atoms with Gasteiger partial charge in [0.1, 0.15) is 17.7 Å². The highest BCUT2D eigenvalue weighted by molar-refractivity contribution is 5.79. The van der Waals surface area contributed by atoms with Crippen molar-refractivity contribution < 1.29 is 4.74 Å². The second-order valence-electron chi connectivity index (χ2n) is 6.29. The van der Waals surface area contributed by atoms with Crippen molar-refractivity contribution in [1.82, 2.24) is 25.4 Å². The van der Waals surface area contributed by atoms with E-state index >= 15 is 0 Å². The van der Waals surface area contributed by atoms with Crippen LogP contribution in [0.2, 0.25) is 0 Å². The van der Waals surface area contributed by atoms with Crippen molar-refractivity contribution in [1.29, 1.82) is 0 Å². The Balaban J connectivity index is 1.46. The molecule has 7 nitrogen and oxygen atoms in total. The lowest BCUT2D eigenvalue weighted by Crippen LogP contribution is -2.41. The molecule has 0 fully saturated rings. The first-order chi connectivity index (χ1) is 12.2. The molecule has 1 atom stereocenters. The Bertz CT molecular complexity index is 739. The molecule has 3 rings (SSSR count). The summed E-state index contributed by atoms with van der Waals surface area (Å²) >= 11 is 0. The first-order valence-corrected chi connectivity index (χ1v) is 8.75. The maximum atomic E-state index is 5.98. The third-order valence-electron chi connectivity index (χ3n) is 4.30. The van der Waals surface area contributed by atoms with Gasteiger partial charge in [-0.1, -0.05) is 18.2 Å². The lowest BCUT2D eigenvalue weighted by atomic mass is 10.2. The molecule has 1 unspecified atom stereocenters. The summed E-state index contributed by atoms with van der Waals surface area (Å²) < 4.78 is 8.16. The van der Waals surface area contributed by atoms with Crippen molar-refractivity contribution in [2.75, 3.05) is 13.6 Å². The van der Waals surface area contributed by atoms with Crippen LogP contribution in [0.1, 0.15) is 30.6 Å². The quantitative estimate of drug-likeness (QED) is 0.617. The number of hydrogen-bond acceptors (Lipinski definition) is 4. The molecule has 0 saturated carbocycles. The predicted molar refractivity (Wildman–Crippen MR) is 97.8 cm³/mol. The molecule has 7 heteroatoms. The summed E-state index contributed by atoms with van der Waals surface area (Å²) in [5.41, 5.74) is 1.14. The third kappa shape index (κ3) is 4.29. The second-order valence-corrected chi connectivity index (χ2v) is 6.29. The maximum absolute atomic E-state index is 5.98. The van der Waals surface area contributed by atoms with Gasteiger partial charge in [0, 0.05) is 20.0 Å². The summed E-state index contributed by atoms with van der Waals surface area (Å²) in [6.45, 7) is 6.36. The van der Waals surface area contributed by atoms with E-state index in [2.05, 4.69) is 30.4 Å². The number of rotatable bonds is 6. The lowest BCUT2D eigenvalue weighted by Gasteiger charge is -2.18. The molecule has 0 radical (unpaired) electrons. The van der Waals surface area contributed by atoms with Crippen molar-refractivity contribution in [2.45, 2.75) is 45.9 Å². The maximum Gasteiger partial charge on any atom is 0.191 e. The highest BCUT2D eigenvalue weighted by atomic mass is 16.5. The molecule has 0 amide bonds. The Labute approximate surface area is 148 Å². The van der Waals surface area contributed by atoms with Crippen LogP contribution in [-0.2, 0) is 19.5 Å². The summed E-state index contributed by atoms with van der Waals surface area (Å²) in [4.78, 5) is 4.26. The Morgan fingerprint density at radius 1 is 1.32 bits per heavy atom. The van der Waals surface area contributed by atoms with Crippen LogP contribution < -0.4 is 15.4 Å². The van der Waals surface area contributed by atoms with Crippen LogP contribution in [0, 0.1) is 6.92 Å². The van der Waals surface area contributed by atoms with E-state index in [0.29, 0.717) is 13.1 Å². The van der Waals surface area contributed by atoms with Crippen molar-refractivity contribution in [3.63, 3.8) is 0 Å². The zero-order valence-corrected chi connectivity index (χ0v) is 15.1. The van der Waals surface area contributed by atoms with Crippen molar-refractivity contribution in [3.05, 3.63) is 41.5 Å². The molecule has 1 aromatic carbocycles. The Kier molecular flexibility index (Phi) is 5.53. The zero-order chi connectivity index (χ0) is 17.6. The van der Waals surface area contributed by atoms with Crippen molar-refractivity contribution >= 4 is 5.96 Å². The van der Waals surface area contributed by atoms with Gasteiger partial charge in [0.2, 0.25) is 0 Å². The van der Waals surface area contributed by atoms with Gasteiger partial charge >= 0.3 is 0 Å². The normalized spacial score (nSPS) is 14.9. The van der Waals surface area contributed by atoms with Gasteiger partial charge in [-0.3, -0.25) is 4.99 Å². The molecular formula is C18H26N6O. The number of aromatic nitrogens is 3. The Morgan fingerprint density at radius 3 is 2.96 bits per heavy atom. The number of nitrogens with zero attached hydrogens (tertiary/aromatic N) is 4. The molecule has 0 aliphatic carbocycles. The molecule has 1 aliphatic rings. The number of nitrogens with one attached hydrogen (secondary N) is 2. The fourth-order valence-electron chi connectivity index (χ4n) is 2.91. The van der Waals surface area contributed by atoms with Gasteiger partial charge in [-0.25, -0.2) is 0 Å². The third-order valence-corrected chi connectivity index (χ3v) is 4.30. The number of guanidine groups is 1. The summed E-state index contributed by atoms with van der Waals surface area (Å²) in [5.74, 6) is 3.69. The van der Waals surface area contributed by atoms with E-state index in [-0.39, 0.29) is 6.10 Å².